The second-order valence-electron chi connectivity index (χ2n) is 4.27. The Kier molecular flexibility index (Phi) is 1.87. The van der Waals surface area contributed by atoms with Gasteiger partial charge in [0.25, 0.3) is 0 Å². The normalized spacial score (nSPS) is 17.0. The Labute approximate surface area is 81.9 Å². The van der Waals surface area contributed by atoms with Gasteiger partial charge in [-0.25, -0.2) is 4.98 Å². The van der Waals surface area contributed by atoms with E-state index in [1.54, 1.807) is 13.8 Å². The van der Waals surface area contributed by atoms with Crippen molar-refractivity contribution in [1.82, 2.24) is 4.98 Å². The smallest absolute Gasteiger partial charge is 0.316 e. The Morgan fingerprint density at radius 2 is 2.29 bits per heavy atom. The summed E-state index contributed by atoms with van der Waals surface area (Å²) in [6.45, 7) is 3.24. The number of nitrogens with zero attached hydrogens (tertiary/aromatic N) is 1. The number of carboxylic acid groups (broad SMARTS) is 1. The Balaban J connectivity index is 2.27. The Hall–Kier alpha value is -1.32. The van der Waals surface area contributed by atoms with Crippen LogP contribution < -0.4 is 0 Å². The molecule has 0 saturated heterocycles. The summed E-state index contributed by atoms with van der Waals surface area (Å²) in [5.41, 5.74) is -0.986. The SMILES string of the molecule is CC(C)(C(=O)O)c1cnc(C2CC2)o1. The molecule has 0 unspecified atom stereocenters. The molecule has 4 heteroatoms. The maximum Gasteiger partial charge on any atom is 0.316 e. The number of oxazole rings is 1. The second kappa shape index (κ2) is 2.83. The summed E-state index contributed by atoms with van der Waals surface area (Å²) in [7, 11) is 0. The van der Waals surface area contributed by atoms with E-state index in [0.717, 1.165) is 12.8 Å². The zero-order valence-electron chi connectivity index (χ0n) is 8.28. The summed E-state index contributed by atoms with van der Waals surface area (Å²) in [6, 6.07) is 0. The fourth-order valence-electron chi connectivity index (χ4n) is 1.20. The number of carboxylic acids is 1. The molecule has 0 aliphatic heterocycles. The molecule has 1 heterocycles. The van der Waals surface area contributed by atoms with Crippen LogP contribution in [0.2, 0.25) is 0 Å². The summed E-state index contributed by atoms with van der Waals surface area (Å²) in [4.78, 5) is 15.0. The Morgan fingerprint density at radius 3 is 2.79 bits per heavy atom. The van der Waals surface area contributed by atoms with E-state index in [-0.39, 0.29) is 0 Å². The molecular weight excluding hydrogens is 182 g/mol. The van der Waals surface area contributed by atoms with Gasteiger partial charge in [0.2, 0.25) is 0 Å². The van der Waals surface area contributed by atoms with Gasteiger partial charge in [0.15, 0.2) is 5.89 Å². The van der Waals surface area contributed by atoms with Crippen molar-refractivity contribution in [2.45, 2.75) is 38.0 Å². The van der Waals surface area contributed by atoms with Gasteiger partial charge in [0, 0.05) is 5.92 Å². The van der Waals surface area contributed by atoms with Crippen molar-refractivity contribution >= 4 is 5.97 Å². The van der Waals surface area contributed by atoms with Crippen LogP contribution in [0.4, 0.5) is 0 Å². The number of aromatic nitrogens is 1. The van der Waals surface area contributed by atoms with Gasteiger partial charge in [0.1, 0.15) is 11.2 Å². The predicted octanol–water partition coefficient (Wildman–Crippen LogP) is 1.91. The molecule has 14 heavy (non-hydrogen) atoms. The predicted molar refractivity (Wildman–Crippen MR) is 49.1 cm³/mol. The van der Waals surface area contributed by atoms with Crippen molar-refractivity contribution in [3.63, 3.8) is 0 Å². The number of carbonyl (C=O) groups is 1. The molecule has 1 fully saturated rings. The van der Waals surface area contributed by atoms with Gasteiger partial charge in [-0.15, -0.1) is 0 Å². The topological polar surface area (TPSA) is 63.3 Å². The zero-order chi connectivity index (χ0) is 10.3. The molecule has 4 nitrogen and oxygen atoms in total. The lowest BCUT2D eigenvalue weighted by molar-refractivity contribution is -0.143. The first-order chi connectivity index (χ1) is 6.51. The van der Waals surface area contributed by atoms with Crippen LogP contribution in [0, 0.1) is 0 Å². The lowest BCUT2D eigenvalue weighted by atomic mass is 9.91. The van der Waals surface area contributed by atoms with Gasteiger partial charge >= 0.3 is 5.97 Å². The highest BCUT2D eigenvalue weighted by atomic mass is 16.4. The molecule has 0 amide bonds. The van der Waals surface area contributed by atoms with Gasteiger partial charge in [-0.3, -0.25) is 4.79 Å². The summed E-state index contributed by atoms with van der Waals surface area (Å²) < 4.78 is 5.44. The van der Waals surface area contributed by atoms with Gasteiger partial charge in [0.05, 0.1) is 6.20 Å². The summed E-state index contributed by atoms with van der Waals surface area (Å²) >= 11 is 0. The molecule has 1 aromatic rings. The number of hydrogen-bond donors (Lipinski definition) is 1. The van der Waals surface area contributed by atoms with Gasteiger partial charge in [-0.05, 0) is 26.7 Å². The maximum atomic E-state index is 10.9. The van der Waals surface area contributed by atoms with Crippen molar-refractivity contribution in [2.24, 2.45) is 0 Å². The molecule has 0 atom stereocenters. The van der Waals surface area contributed by atoms with Crippen LogP contribution in [0.25, 0.3) is 0 Å². The first-order valence-corrected chi connectivity index (χ1v) is 4.71. The van der Waals surface area contributed by atoms with Crippen LogP contribution in [0.5, 0.6) is 0 Å². The Bertz CT molecular complexity index is 363. The standard InChI is InChI=1S/C10H13NO3/c1-10(2,9(12)13)7-5-11-8(14-7)6-3-4-6/h5-6H,3-4H2,1-2H3,(H,12,13). The van der Waals surface area contributed by atoms with Crippen molar-refractivity contribution in [2.75, 3.05) is 0 Å². The average Bonchev–Trinajstić information content (AvgIpc) is 2.83. The van der Waals surface area contributed by atoms with Gasteiger partial charge in [-0.2, -0.15) is 0 Å². The molecule has 0 bridgehead atoms. The first kappa shape index (κ1) is 9.24. The van der Waals surface area contributed by atoms with Crippen LogP contribution in [0.3, 0.4) is 0 Å². The van der Waals surface area contributed by atoms with Crippen molar-refractivity contribution in [3.8, 4) is 0 Å². The third-order valence-electron chi connectivity index (χ3n) is 2.60. The number of rotatable bonds is 3. The van der Waals surface area contributed by atoms with Crippen molar-refractivity contribution < 1.29 is 14.3 Å². The van der Waals surface area contributed by atoms with E-state index in [4.69, 9.17) is 9.52 Å². The molecule has 1 aliphatic carbocycles. The summed E-state index contributed by atoms with van der Waals surface area (Å²) in [5.74, 6) is 0.658. The first-order valence-electron chi connectivity index (χ1n) is 4.71. The molecule has 0 aromatic carbocycles. The molecule has 76 valence electrons. The lowest BCUT2D eigenvalue weighted by Crippen LogP contribution is -2.27. The molecule has 1 aliphatic rings. The summed E-state index contributed by atoms with van der Waals surface area (Å²) in [6.07, 6.45) is 3.74. The van der Waals surface area contributed by atoms with Gasteiger partial charge in [-0.1, -0.05) is 0 Å². The third kappa shape index (κ3) is 1.41. The van der Waals surface area contributed by atoms with E-state index in [2.05, 4.69) is 4.98 Å². The van der Waals surface area contributed by atoms with Crippen LogP contribution in [-0.4, -0.2) is 16.1 Å². The fraction of sp³-hybridized carbons (Fsp3) is 0.600. The fourth-order valence-corrected chi connectivity index (χ4v) is 1.20. The van der Waals surface area contributed by atoms with Crippen LogP contribution in [-0.2, 0) is 10.2 Å². The van der Waals surface area contributed by atoms with E-state index in [0.29, 0.717) is 17.6 Å². The van der Waals surface area contributed by atoms with Crippen molar-refractivity contribution in [1.29, 1.82) is 0 Å². The molecule has 1 saturated carbocycles. The van der Waals surface area contributed by atoms with E-state index in [1.165, 1.54) is 6.20 Å². The highest BCUT2D eigenvalue weighted by Crippen LogP contribution is 2.40. The summed E-state index contributed by atoms with van der Waals surface area (Å²) in [5, 5.41) is 8.97. The number of hydrogen-bond acceptors (Lipinski definition) is 3. The lowest BCUT2D eigenvalue weighted by Gasteiger charge is -2.14. The van der Waals surface area contributed by atoms with Crippen molar-refractivity contribution in [3.05, 3.63) is 17.8 Å². The van der Waals surface area contributed by atoms with E-state index in [9.17, 15) is 4.79 Å². The number of aliphatic carboxylic acids is 1. The maximum absolute atomic E-state index is 10.9. The molecule has 0 spiro atoms. The molecule has 0 radical (unpaired) electrons. The van der Waals surface area contributed by atoms with Gasteiger partial charge < -0.3 is 9.52 Å². The quantitative estimate of drug-likeness (QED) is 0.800. The minimum absolute atomic E-state index is 0.424. The molecular formula is C10H13NO3. The zero-order valence-corrected chi connectivity index (χ0v) is 8.28. The minimum Gasteiger partial charge on any atom is -0.481 e. The Morgan fingerprint density at radius 1 is 1.64 bits per heavy atom. The highest BCUT2D eigenvalue weighted by molar-refractivity contribution is 5.79. The molecule has 1 aromatic heterocycles. The minimum atomic E-state index is -0.986. The van der Waals surface area contributed by atoms with Crippen LogP contribution in [0.15, 0.2) is 10.6 Å². The van der Waals surface area contributed by atoms with Crippen LogP contribution >= 0.6 is 0 Å². The largest absolute Gasteiger partial charge is 0.481 e. The second-order valence-corrected chi connectivity index (χ2v) is 4.27. The monoisotopic (exact) mass is 195 g/mol. The highest BCUT2D eigenvalue weighted by Gasteiger charge is 2.36. The third-order valence-corrected chi connectivity index (χ3v) is 2.60. The van der Waals surface area contributed by atoms with Crippen LogP contribution in [0.1, 0.15) is 44.3 Å². The van der Waals surface area contributed by atoms with E-state index < -0.39 is 11.4 Å². The molecule has 2 rings (SSSR count). The average molecular weight is 195 g/mol. The van der Waals surface area contributed by atoms with E-state index >= 15 is 0 Å². The molecule has 1 N–H and O–H groups in total. The van der Waals surface area contributed by atoms with E-state index in [1.807, 2.05) is 0 Å².